The van der Waals surface area contributed by atoms with E-state index in [4.69, 9.17) is 0 Å². The van der Waals surface area contributed by atoms with E-state index in [-0.39, 0.29) is 24.4 Å². The normalized spacial score (nSPS) is 22.8. The molecule has 0 amide bonds. The minimum atomic E-state index is -0.767. The summed E-state index contributed by atoms with van der Waals surface area (Å²) in [6.07, 6.45) is 8.18. The average Bonchev–Trinajstić information content (AvgIpc) is 2.62. The van der Waals surface area contributed by atoms with E-state index in [1.54, 1.807) is 6.08 Å². The fourth-order valence-electron chi connectivity index (χ4n) is 3.60. The maximum atomic E-state index is 13.6. The van der Waals surface area contributed by atoms with Gasteiger partial charge in [-0.15, -0.1) is 0 Å². The summed E-state index contributed by atoms with van der Waals surface area (Å²) in [6, 6.07) is 5.91. The maximum absolute atomic E-state index is 13.6. The summed E-state index contributed by atoms with van der Waals surface area (Å²) in [5.41, 5.74) is 3.25. The highest BCUT2D eigenvalue weighted by molar-refractivity contribution is 5.99. The molecule has 0 saturated carbocycles. The van der Waals surface area contributed by atoms with Gasteiger partial charge in [-0.2, -0.15) is 0 Å². The van der Waals surface area contributed by atoms with Crippen LogP contribution in [0.2, 0.25) is 0 Å². The van der Waals surface area contributed by atoms with Gasteiger partial charge >= 0.3 is 0 Å². The molecule has 1 aromatic carbocycles. The third-order valence-electron chi connectivity index (χ3n) is 5.10. The topological polar surface area (TPSA) is 34.1 Å². The van der Waals surface area contributed by atoms with Crippen molar-refractivity contribution in [3.8, 4) is 11.8 Å². The van der Waals surface area contributed by atoms with Crippen molar-refractivity contribution in [2.24, 2.45) is 5.92 Å². The number of carbonyl (C=O) groups is 2. The Morgan fingerprint density at radius 1 is 1.27 bits per heavy atom. The van der Waals surface area contributed by atoms with E-state index in [9.17, 15) is 14.0 Å². The number of aryl methyl sites for hydroxylation is 1. The van der Waals surface area contributed by atoms with Crippen molar-refractivity contribution in [3.05, 3.63) is 58.9 Å². The van der Waals surface area contributed by atoms with E-state index in [0.29, 0.717) is 17.9 Å². The molecule has 0 saturated heterocycles. The van der Waals surface area contributed by atoms with Crippen molar-refractivity contribution in [2.45, 2.75) is 51.4 Å². The largest absolute Gasteiger partial charge is 0.298 e. The molecule has 2 unspecified atom stereocenters. The number of benzene rings is 1. The number of rotatable bonds is 5. The first-order valence-electron chi connectivity index (χ1n) is 9.25. The molecule has 0 aromatic heterocycles. The summed E-state index contributed by atoms with van der Waals surface area (Å²) in [4.78, 5) is 24.8. The number of fused-ring (bicyclic) bond motifs is 1. The van der Waals surface area contributed by atoms with E-state index in [0.717, 1.165) is 12.8 Å². The van der Waals surface area contributed by atoms with Crippen LogP contribution < -0.4 is 0 Å². The Morgan fingerprint density at radius 3 is 2.96 bits per heavy atom. The molecule has 0 radical (unpaired) electrons. The van der Waals surface area contributed by atoms with Crippen molar-refractivity contribution in [1.29, 1.82) is 0 Å². The summed E-state index contributed by atoms with van der Waals surface area (Å²) < 4.78 is 13.6. The molecule has 0 spiro atoms. The number of hydrogen-bond donors (Lipinski definition) is 0. The fraction of sp³-hybridized carbons (Fsp3) is 0.391. The Morgan fingerprint density at radius 2 is 2.12 bits per heavy atom. The smallest absolute Gasteiger partial charge is 0.163 e. The van der Waals surface area contributed by atoms with Crippen LogP contribution in [0.25, 0.3) is 0 Å². The Kier molecular flexibility index (Phi) is 5.83. The van der Waals surface area contributed by atoms with Gasteiger partial charge in [0, 0.05) is 24.8 Å². The molecular formula is C23H23FO2. The summed E-state index contributed by atoms with van der Waals surface area (Å²) in [5, 5.41) is 0. The number of ketones is 2. The van der Waals surface area contributed by atoms with Crippen LogP contribution in [0.15, 0.2) is 42.3 Å². The lowest BCUT2D eigenvalue weighted by atomic mass is 9.82. The second-order valence-electron chi connectivity index (χ2n) is 7.05. The Balaban J connectivity index is 1.64. The zero-order valence-electron chi connectivity index (χ0n) is 15.1. The van der Waals surface area contributed by atoms with E-state index in [1.807, 2.05) is 12.1 Å². The molecule has 0 N–H and O–H groups in total. The molecule has 2 atom stereocenters. The molecule has 0 heterocycles. The van der Waals surface area contributed by atoms with E-state index in [1.165, 1.54) is 29.7 Å². The predicted molar refractivity (Wildman–Crippen MR) is 101 cm³/mol. The lowest BCUT2D eigenvalue weighted by Gasteiger charge is -2.22. The minimum Gasteiger partial charge on any atom is -0.298 e. The van der Waals surface area contributed by atoms with Crippen molar-refractivity contribution in [3.63, 3.8) is 0 Å². The molecule has 26 heavy (non-hydrogen) atoms. The lowest BCUT2D eigenvalue weighted by Crippen LogP contribution is -2.14. The van der Waals surface area contributed by atoms with Crippen molar-refractivity contribution < 1.29 is 14.0 Å². The number of halogens is 1. The molecule has 2 nitrogen and oxygen atoms in total. The summed E-state index contributed by atoms with van der Waals surface area (Å²) in [5.74, 6) is 4.70. The quantitative estimate of drug-likeness (QED) is 0.547. The number of Topliss-reactive ketones (excluding diaryl/α,β-unsaturated/α-hetero) is 2. The number of allylic oxidation sites excluding steroid dienone is 4. The molecule has 134 valence electrons. The maximum Gasteiger partial charge on any atom is 0.163 e. The van der Waals surface area contributed by atoms with Crippen LogP contribution in [0, 0.1) is 17.8 Å². The highest BCUT2D eigenvalue weighted by atomic mass is 19.1. The first-order chi connectivity index (χ1) is 12.5. The van der Waals surface area contributed by atoms with Crippen LogP contribution in [0.4, 0.5) is 4.39 Å². The molecule has 2 aliphatic rings. The van der Waals surface area contributed by atoms with Gasteiger partial charge in [-0.25, -0.2) is 4.39 Å². The van der Waals surface area contributed by atoms with Gasteiger partial charge in [-0.1, -0.05) is 37.0 Å². The summed E-state index contributed by atoms with van der Waals surface area (Å²) in [7, 11) is 0. The zero-order chi connectivity index (χ0) is 18.5. The van der Waals surface area contributed by atoms with Crippen molar-refractivity contribution in [2.75, 3.05) is 0 Å². The van der Waals surface area contributed by atoms with Gasteiger partial charge in [-0.3, -0.25) is 9.59 Å². The monoisotopic (exact) mass is 350 g/mol. The second kappa shape index (κ2) is 8.27. The average molecular weight is 350 g/mol. The number of carbonyl (C=O) groups excluding carboxylic acids is 2. The van der Waals surface area contributed by atoms with Crippen molar-refractivity contribution in [1.82, 2.24) is 0 Å². The molecular weight excluding hydrogens is 327 g/mol. The van der Waals surface area contributed by atoms with Crippen LogP contribution in [0.5, 0.6) is 0 Å². The van der Waals surface area contributed by atoms with Crippen LogP contribution >= 0.6 is 0 Å². The van der Waals surface area contributed by atoms with Gasteiger partial charge < -0.3 is 0 Å². The number of hydrogen-bond acceptors (Lipinski definition) is 2. The van der Waals surface area contributed by atoms with Gasteiger partial charge in [0.25, 0.3) is 0 Å². The molecule has 0 fully saturated rings. The van der Waals surface area contributed by atoms with Crippen LogP contribution in [0.3, 0.4) is 0 Å². The second-order valence-corrected chi connectivity index (χ2v) is 7.05. The standard InChI is InChI=1S/C23H23FO2/c1-16-6-5-8-17-14-19(10-11-21(16)17)23(26)13-12-22(25)18-7-3-2-4-9-20(24)15-18/h4,9-11,14-16,18H,2,5-6,8,12-13H2,1H3/b9-4-,20-15?. The predicted octanol–water partition coefficient (Wildman–Crippen LogP) is 5.09. The zero-order valence-corrected chi connectivity index (χ0v) is 15.1. The SMILES string of the molecule is CC1CCCc2cc(C(=O)CCC(=O)C3C#CC/C=C\C(F)=C3)ccc21. The summed E-state index contributed by atoms with van der Waals surface area (Å²) in [6.45, 7) is 2.22. The van der Waals surface area contributed by atoms with Crippen LogP contribution in [-0.2, 0) is 11.2 Å². The van der Waals surface area contributed by atoms with Gasteiger partial charge in [0.05, 0.1) is 5.92 Å². The molecule has 2 aliphatic carbocycles. The van der Waals surface area contributed by atoms with Crippen LogP contribution in [0.1, 0.15) is 66.4 Å². The Bertz CT molecular complexity index is 835. The van der Waals surface area contributed by atoms with Gasteiger partial charge in [0.2, 0.25) is 0 Å². The molecule has 0 bridgehead atoms. The van der Waals surface area contributed by atoms with E-state index < -0.39 is 11.7 Å². The minimum absolute atomic E-state index is 0.0393. The van der Waals surface area contributed by atoms with E-state index in [2.05, 4.69) is 24.8 Å². The molecule has 1 aromatic rings. The van der Waals surface area contributed by atoms with Crippen LogP contribution in [-0.4, -0.2) is 11.6 Å². The Labute approximate surface area is 154 Å². The molecule has 0 aliphatic heterocycles. The third kappa shape index (κ3) is 4.38. The first-order valence-corrected chi connectivity index (χ1v) is 9.25. The summed E-state index contributed by atoms with van der Waals surface area (Å²) >= 11 is 0. The third-order valence-corrected chi connectivity index (χ3v) is 5.10. The molecule has 3 heteroatoms. The highest BCUT2D eigenvalue weighted by Crippen LogP contribution is 2.31. The Hall–Kier alpha value is -2.47. The van der Waals surface area contributed by atoms with Gasteiger partial charge in [0.1, 0.15) is 5.83 Å². The van der Waals surface area contributed by atoms with E-state index >= 15 is 0 Å². The highest BCUT2D eigenvalue weighted by Gasteiger charge is 2.20. The molecule has 3 rings (SSSR count). The van der Waals surface area contributed by atoms with Crippen molar-refractivity contribution >= 4 is 11.6 Å². The van der Waals surface area contributed by atoms with Gasteiger partial charge in [-0.05, 0) is 54.5 Å². The fourth-order valence-corrected chi connectivity index (χ4v) is 3.60. The lowest BCUT2D eigenvalue weighted by molar-refractivity contribution is -0.120. The van der Waals surface area contributed by atoms with Gasteiger partial charge in [0.15, 0.2) is 11.6 Å². The first kappa shape index (κ1) is 18.3.